The summed E-state index contributed by atoms with van der Waals surface area (Å²) < 4.78 is 374. The molecule has 0 fully saturated rings. The number of benzene rings is 16. The maximum absolute atomic E-state index is 14.3. The van der Waals surface area contributed by atoms with Gasteiger partial charge in [-0.15, -0.1) is 144 Å². The monoisotopic (exact) mass is 2760 g/mol. The first-order valence-corrected chi connectivity index (χ1v) is 42.7. The molecule has 8 nitrogen and oxygen atoms in total. The Hall–Kier alpha value is -13.4. The quantitative estimate of drug-likeness (QED) is 0.0842. The number of halogens is 27. The molecule has 0 aliphatic heterocycles. The second-order valence-electron chi connectivity index (χ2n) is 33.1. The van der Waals surface area contributed by atoms with Gasteiger partial charge in [-0.25, -0.2) is 0 Å². The van der Waals surface area contributed by atoms with Gasteiger partial charge in [-0.3, -0.25) is 0 Å². The molecule has 4 radical (unpaired) electrons. The van der Waals surface area contributed by atoms with Crippen molar-refractivity contribution in [3.63, 3.8) is 0 Å². The van der Waals surface area contributed by atoms with Crippen molar-refractivity contribution in [1.29, 1.82) is 0 Å². The Kier molecular flexibility index (Phi) is 32.3. The molecule has 0 bridgehead atoms. The minimum absolute atomic E-state index is 0. The molecule has 0 atom stereocenters. The van der Waals surface area contributed by atoms with Crippen molar-refractivity contribution in [2.45, 2.75) is 83.3 Å². The van der Waals surface area contributed by atoms with Crippen LogP contribution in [-0.4, -0.2) is 40.8 Å². The van der Waals surface area contributed by atoms with Gasteiger partial charge in [-0.2, -0.15) is 159 Å². The number of hydrogen-bond acceptors (Lipinski definition) is 8. The van der Waals surface area contributed by atoms with E-state index in [1.165, 1.54) is 33.8 Å². The summed E-state index contributed by atoms with van der Waals surface area (Å²) in [5.41, 5.74) is -18.3. The molecule has 4 heterocycles. The van der Waals surface area contributed by atoms with E-state index < -0.39 is 134 Å². The van der Waals surface area contributed by atoms with Crippen molar-refractivity contribution in [3.05, 3.63) is 382 Å². The average molecular weight is 2760 g/mol. The first kappa shape index (κ1) is 112. The zero-order chi connectivity index (χ0) is 103. The van der Waals surface area contributed by atoms with Crippen LogP contribution < -0.4 is 0 Å². The predicted molar refractivity (Wildman–Crippen MR) is 491 cm³/mol. The van der Waals surface area contributed by atoms with Crippen LogP contribution in [0.2, 0.25) is 0 Å². The molecule has 16 aromatic carbocycles. The predicted octanol–water partition coefficient (Wildman–Crippen LogP) is 34.1. The van der Waals surface area contributed by atoms with Gasteiger partial charge in [0.2, 0.25) is 0 Å². The Bertz CT molecular complexity index is 8410. The van der Waals surface area contributed by atoms with Gasteiger partial charge in [0, 0.05) is 147 Å². The molecule has 0 amide bonds. The molecule has 0 aliphatic carbocycles. The van der Waals surface area contributed by atoms with Crippen LogP contribution in [0.1, 0.15) is 72.3 Å². The average Bonchev–Trinajstić information content (AvgIpc) is 0.723. The fourth-order valence-corrected chi connectivity index (χ4v) is 17.5. The number of hydrogen-bond donors (Lipinski definition) is 0. The molecule has 0 unspecified atom stereocenters. The van der Waals surface area contributed by atoms with Crippen molar-refractivity contribution in [1.82, 2.24) is 40.8 Å². The Morgan fingerprint density at radius 3 is 0.736 bits per heavy atom. The molecule has 39 heteroatoms. The maximum atomic E-state index is 14.3. The molecule has 0 saturated heterocycles. The number of aryl methyl sites for hydroxylation is 3. The van der Waals surface area contributed by atoms with Gasteiger partial charge in [-0.1, -0.05) is 133 Å². The third-order valence-corrected chi connectivity index (χ3v) is 23.9. The van der Waals surface area contributed by atoms with Crippen LogP contribution in [0.5, 0.6) is 0 Å². The van der Waals surface area contributed by atoms with Gasteiger partial charge in [0.15, 0.2) is 0 Å². The van der Waals surface area contributed by atoms with Crippen LogP contribution in [0.25, 0.3) is 176 Å². The third kappa shape index (κ3) is 22.6. The van der Waals surface area contributed by atoms with Crippen LogP contribution in [0, 0.1) is 52.0 Å². The third-order valence-electron chi connectivity index (χ3n) is 23.9. The fourth-order valence-electron chi connectivity index (χ4n) is 17.5. The Morgan fingerprint density at radius 2 is 0.446 bits per heavy atom. The van der Waals surface area contributed by atoms with Gasteiger partial charge in [0.05, 0.1) is 72.8 Å². The summed E-state index contributed by atoms with van der Waals surface area (Å²) in [6.45, 7) is 5.27. The summed E-state index contributed by atoms with van der Waals surface area (Å²) in [4.78, 5) is 0. The molecule has 0 spiro atoms. The zero-order valence-corrected chi connectivity index (χ0v) is 84.8. The molecular weight excluding hydrogens is 2700 g/mol. The first-order valence-electron chi connectivity index (χ1n) is 42.7. The molecule has 0 N–H and O–H groups in total. The van der Waals surface area contributed by atoms with Gasteiger partial charge >= 0.3 is 55.6 Å². The van der Waals surface area contributed by atoms with E-state index in [9.17, 15) is 119 Å². The number of fused-ring (bicyclic) bond motifs is 8. The van der Waals surface area contributed by atoms with Crippen molar-refractivity contribution < 1.29 is 199 Å². The van der Waals surface area contributed by atoms with E-state index >= 15 is 0 Å². The van der Waals surface area contributed by atoms with E-state index in [0.717, 1.165) is 27.6 Å². The number of alkyl halides is 27. The van der Waals surface area contributed by atoms with Gasteiger partial charge in [0.25, 0.3) is 0 Å². The second kappa shape index (κ2) is 42.7. The molecule has 4 aromatic heterocycles. The minimum atomic E-state index is -5.97. The summed E-state index contributed by atoms with van der Waals surface area (Å²) in [5, 5.41) is 41.1. The Balaban J connectivity index is 0.000000163. The van der Waals surface area contributed by atoms with E-state index in [2.05, 4.69) is 65.1 Å². The Labute approximate surface area is 874 Å². The molecule has 0 saturated carbocycles. The molecule has 764 valence electrons. The molecular formula is C109H59F27Ir4N8-4. The maximum Gasteiger partial charge on any atom is 0.417 e. The summed E-state index contributed by atoms with van der Waals surface area (Å²) in [7, 11) is 0. The standard InChI is InChI=1S/C28H17F6N2.C27H12F9N2.2C27H15F6N2.4Ir/c1-15-12-22(27(29,30)31)24(28(32,33)34)23(16(15)2)26-21-14-19-11-7-6-10-18(19)13-20(21)25(35-36-26)17-8-4-3-5-9-17;28-25(29,30)20-11-10-17(21(26(31,32)33)22(20)27(34,35)36)24-19-13-16-9-5-4-8-15(16)12-18(19)23(37-38-24)14-6-2-1-3-7-14;1-15-11-19(26(28,29)30)14-22(27(31,32)33)23(15)25-21-13-18-10-6-5-9-17(18)12-20(21)24(34-35-25)16-7-3-2-4-8-16;1-15-11-12-21(26(28,29)30)23(27(31,32)33)22(15)25-20-14-18-10-6-5-9-17(18)13-19(20)24(34-35-25)16-7-3-2-4-8-16;;;;/h3-8,10-14H,1-2H3;1-6,8-13H;2*2-7,9-14H,1H3;;;;/q4*-1;;;;. The van der Waals surface area contributed by atoms with E-state index in [1.54, 1.807) is 200 Å². The van der Waals surface area contributed by atoms with Crippen LogP contribution >= 0.6 is 0 Å². The van der Waals surface area contributed by atoms with Crippen molar-refractivity contribution in [3.8, 4) is 90.1 Å². The van der Waals surface area contributed by atoms with E-state index in [4.69, 9.17) is 0 Å². The Morgan fingerprint density at radius 1 is 0.189 bits per heavy atom. The molecule has 20 aromatic rings. The zero-order valence-electron chi connectivity index (χ0n) is 75.3. The topological polar surface area (TPSA) is 103 Å². The van der Waals surface area contributed by atoms with Crippen molar-refractivity contribution >= 4 is 86.2 Å². The number of nitrogens with zero attached hydrogens (tertiary/aromatic N) is 8. The minimum Gasteiger partial charge on any atom is -0.200 e. The van der Waals surface area contributed by atoms with E-state index in [-0.39, 0.29) is 159 Å². The normalized spacial score (nSPS) is 12.2. The van der Waals surface area contributed by atoms with Crippen LogP contribution in [0.4, 0.5) is 119 Å². The number of aromatic nitrogens is 8. The van der Waals surface area contributed by atoms with Crippen LogP contribution in [0.15, 0.2) is 285 Å². The molecule has 20 rings (SSSR count). The first-order chi connectivity index (χ1) is 67.8. The summed E-state index contributed by atoms with van der Waals surface area (Å²) in [6.07, 6.45) is -48.4. The van der Waals surface area contributed by atoms with E-state index in [1.807, 2.05) is 36.4 Å². The van der Waals surface area contributed by atoms with Crippen LogP contribution in [-0.2, 0) is 136 Å². The van der Waals surface area contributed by atoms with E-state index in [0.29, 0.717) is 107 Å². The summed E-state index contributed by atoms with van der Waals surface area (Å²) >= 11 is 0. The molecule has 0 aliphatic rings. The van der Waals surface area contributed by atoms with Gasteiger partial charge in [0.1, 0.15) is 0 Å². The van der Waals surface area contributed by atoms with Crippen molar-refractivity contribution in [2.24, 2.45) is 0 Å². The SMILES string of the molecule is Cc1cc(C(F)(F)F)c(C(F)(F)F)c(-c2nnc(-c3[c-]cccc3)c3cc4ccccc4cc23)c1C.Cc1cc(C(F)(F)F)cc(C(F)(F)F)c1-c1nnc(-c2[c-]cccc2)c2cc3ccccc3cc12.Cc1ccc(C(F)(F)F)c(C(F)(F)F)c1-c1nnc(-c2[c-]cccc2)c2cc3ccccc3cc12.FC(F)(F)c1ccc(-c2nnc(-c3[c-]cccc3)c3cc4ccccc4cc23)c(C(F)(F)F)c1C(F)(F)F.[Ir].[Ir].[Ir].[Ir]. The summed E-state index contributed by atoms with van der Waals surface area (Å²) in [5.74, 6) is 0. The fraction of sp³-hybridized carbons (Fsp3) is 0.119. The number of rotatable bonds is 8. The summed E-state index contributed by atoms with van der Waals surface area (Å²) in [6, 6.07) is 84.3. The second-order valence-corrected chi connectivity index (χ2v) is 33.1. The largest absolute Gasteiger partial charge is 0.417 e. The smallest absolute Gasteiger partial charge is 0.200 e. The van der Waals surface area contributed by atoms with Gasteiger partial charge in [-0.05, 0) is 169 Å². The van der Waals surface area contributed by atoms with Crippen molar-refractivity contribution in [2.75, 3.05) is 0 Å². The molecule has 148 heavy (non-hydrogen) atoms. The van der Waals surface area contributed by atoms with Crippen LogP contribution in [0.3, 0.4) is 0 Å². The van der Waals surface area contributed by atoms with Gasteiger partial charge < -0.3 is 0 Å².